The number of ketones is 1. The Morgan fingerprint density at radius 3 is 2.28 bits per heavy atom. The van der Waals surface area contributed by atoms with Crippen molar-refractivity contribution in [3.05, 3.63) is 108 Å². The topological polar surface area (TPSA) is 101 Å². The summed E-state index contributed by atoms with van der Waals surface area (Å²) in [6.45, 7) is 0. The third kappa shape index (κ3) is 6.31. The molecule has 6 nitrogen and oxygen atoms in total. The van der Waals surface area contributed by atoms with Crippen molar-refractivity contribution in [2.75, 3.05) is 16.4 Å². The van der Waals surface area contributed by atoms with Gasteiger partial charge in [0.2, 0.25) is 11.8 Å². The minimum absolute atomic E-state index is 0. The molecule has 0 aromatic heterocycles. The predicted octanol–water partition coefficient (Wildman–Crippen LogP) is 4.87. The Bertz CT molecular complexity index is 1390. The van der Waals surface area contributed by atoms with E-state index in [0.717, 1.165) is 16.3 Å². The summed E-state index contributed by atoms with van der Waals surface area (Å²) in [5.74, 6) is -0.756. The van der Waals surface area contributed by atoms with Gasteiger partial charge in [0.15, 0.2) is 5.78 Å². The van der Waals surface area contributed by atoms with Gasteiger partial charge < -0.3 is 16.4 Å². The Kier molecular flexibility index (Phi) is 9.25. The number of halogens is 1. The molecular formula is C28H26ClN3O3S. The highest BCUT2D eigenvalue weighted by atomic mass is 35.5. The molecule has 4 N–H and O–H groups in total. The van der Waals surface area contributed by atoms with Crippen LogP contribution in [0.4, 0.5) is 11.4 Å². The van der Waals surface area contributed by atoms with E-state index in [1.165, 1.54) is 0 Å². The quantitative estimate of drug-likeness (QED) is 0.197. The summed E-state index contributed by atoms with van der Waals surface area (Å²) in [5, 5.41) is 7.64. The van der Waals surface area contributed by atoms with Crippen molar-refractivity contribution in [3.63, 3.8) is 0 Å². The molecule has 0 aliphatic rings. The van der Waals surface area contributed by atoms with E-state index >= 15 is 0 Å². The monoisotopic (exact) mass is 519 g/mol. The second-order valence-electron chi connectivity index (χ2n) is 8.10. The lowest BCUT2D eigenvalue weighted by atomic mass is 10.00. The number of hydrogen-bond donors (Lipinski definition) is 4. The van der Waals surface area contributed by atoms with Gasteiger partial charge in [-0.15, -0.1) is 12.4 Å². The summed E-state index contributed by atoms with van der Waals surface area (Å²) < 4.78 is 0. The lowest BCUT2D eigenvalue weighted by molar-refractivity contribution is -0.117. The molecule has 2 amide bonds. The van der Waals surface area contributed by atoms with Gasteiger partial charge >= 0.3 is 0 Å². The van der Waals surface area contributed by atoms with Crippen LogP contribution >= 0.6 is 25.0 Å². The molecule has 36 heavy (non-hydrogen) atoms. The molecule has 8 heteroatoms. The third-order valence-electron chi connectivity index (χ3n) is 5.61. The van der Waals surface area contributed by atoms with Gasteiger partial charge in [-0.1, -0.05) is 72.8 Å². The fraction of sp³-hybridized carbons (Fsp3) is 0.107. The van der Waals surface area contributed by atoms with Gasteiger partial charge in [0.05, 0.1) is 18.2 Å². The number of carbonyl (C=O) groups excluding carboxylic acids is 3. The molecule has 4 aromatic rings. The Labute approximate surface area is 221 Å². The van der Waals surface area contributed by atoms with Gasteiger partial charge in [-0.3, -0.25) is 14.4 Å². The van der Waals surface area contributed by atoms with E-state index in [-0.39, 0.29) is 41.8 Å². The maximum atomic E-state index is 13.3. The van der Waals surface area contributed by atoms with Crippen LogP contribution < -0.4 is 16.4 Å². The number of amides is 2. The number of nitrogens with one attached hydrogen (secondary N) is 2. The van der Waals surface area contributed by atoms with Crippen LogP contribution in [0.15, 0.2) is 91.0 Å². The van der Waals surface area contributed by atoms with E-state index in [9.17, 15) is 14.4 Å². The summed E-state index contributed by atoms with van der Waals surface area (Å²) >= 11 is 4.05. The fourth-order valence-electron chi connectivity index (χ4n) is 3.80. The first-order valence-electron chi connectivity index (χ1n) is 11.1. The largest absolute Gasteiger partial charge is 0.325 e. The molecule has 0 unspecified atom stereocenters. The highest BCUT2D eigenvalue weighted by Crippen LogP contribution is 2.25. The number of carbonyl (C=O) groups is 3. The molecular weight excluding hydrogens is 494 g/mol. The minimum atomic E-state index is -0.785. The molecule has 0 saturated heterocycles. The zero-order chi connectivity index (χ0) is 24.8. The molecule has 4 aromatic carbocycles. The highest BCUT2D eigenvalue weighted by Gasteiger charge is 2.19. The van der Waals surface area contributed by atoms with Gasteiger partial charge in [-0.25, -0.2) is 0 Å². The molecule has 0 aliphatic carbocycles. The van der Waals surface area contributed by atoms with Crippen molar-refractivity contribution in [1.82, 2.24) is 0 Å². The molecule has 0 aliphatic heterocycles. The Hall–Kier alpha value is -3.65. The number of nitrogens with two attached hydrogens (primary N) is 1. The molecule has 1 atom stereocenters. The van der Waals surface area contributed by atoms with Crippen LogP contribution in [-0.2, 0) is 16.0 Å². The van der Waals surface area contributed by atoms with Crippen molar-refractivity contribution >= 4 is 64.8 Å². The lowest BCUT2D eigenvalue weighted by Crippen LogP contribution is -2.37. The molecule has 4 rings (SSSR count). The molecule has 0 spiro atoms. The minimum Gasteiger partial charge on any atom is -0.325 e. The Morgan fingerprint density at radius 1 is 0.833 bits per heavy atom. The standard InChI is InChI=1S/C28H25N3O3S.ClH/c29-24(17-35)28(34)30-21-13-14-25(23(16-21)27(33)19-8-2-1-3-9-19)31-26(32)15-20-11-6-10-18-7-4-5-12-22(18)20;/h1-14,16,24,35H,15,17,29H2,(H,30,34)(H,31,32);1H/t24-;/m0./s1. The molecule has 0 fully saturated rings. The van der Waals surface area contributed by atoms with Crippen LogP contribution in [0.2, 0.25) is 0 Å². The first-order valence-corrected chi connectivity index (χ1v) is 11.8. The first-order chi connectivity index (χ1) is 17.0. The van der Waals surface area contributed by atoms with E-state index in [2.05, 4.69) is 23.3 Å². The summed E-state index contributed by atoms with van der Waals surface area (Å²) in [6, 6.07) is 26.5. The van der Waals surface area contributed by atoms with Crippen molar-refractivity contribution in [2.45, 2.75) is 12.5 Å². The van der Waals surface area contributed by atoms with Gasteiger partial charge in [-0.05, 0) is 34.5 Å². The van der Waals surface area contributed by atoms with Gasteiger partial charge in [0.25, 0.3) is 0 Å². The molecule has 184 valence electrons. The van der Waals surface area contributed by atoms with Crippen LogP contribution in [0.25, 0.3) is 10.8 Å². The van der Waals surface area contributed by atoms with Gasteiger partial charge in [0.1, 0.15) is 0 Å². The van der Waals surface area contributed by atoms with E-state index in [4.69, 9.17) is 5.73 Å². The zero-order valence-corrected chi connectivity index (χ0v) is 21.0. The first kappa shape index (κ1) is 26.9. The van der Waals surface area contributed by atoms with Gasteiger partial charge in [0, 0.05) is 22.6 Å². The van der Waals surface area contributed by atoms with Gasteiger partial charge in [-0.2, -0.15) is 12.6 Å². The molecule has 0 radical (unpaired) electrons. The fourth-order valence-corrected chi connectivity index (χ4v) is 3.96. The number of benzene rings is 4. The van der Waals surface area contributed by atoms with Crippen LogP contribution in [0.3, 0.4) is 0 Å². The average molecular weight is 520 g/mol. The number of anilines is 2. The molecule has 0 heterocycles. The number of fused-ring (bicyclic) bond motifs is 1. The van der Waals surface area contributed by atoms with Crippen molar-refractivity contribution in [2.24, 2.45) is 5.73 Å². The van der Waals surface area contributed by atoms with Crippen molar-refractivity contribution < 1.29 is 14.4 Å². The molecule has 0 saturated carbocycles. The lowest BCUT2D eigenvalue weighted by Gasteiger charge is -2.15. The van der Waals surface area contributed by atoms with Crippen molar-refractivity contribution in [1.29, 1.82) is 0 Å². The second-order valence-corrected chi connectivity index (χ2v) is 8.46. The summed E-state index contributed by atoms with van der Waals surface area (Å²) in [5.41, 5.74) is 8.13. The average Bonchev–Trinajstić information content (AvgIpc) is 2.89. The van der Waals surface area contributed by atoms with Crippen LogP contribution in [0.1, 0.15) is 21.5 Å². The van der Waals surface area contributed by atoms with Crippen LogP contribution in [0.5, 0.6) is 0 Å². The number of hydrogen-bond acceptors (Lipinski definition) is 5. The second kappa shape index (κ2) is 12.4. The van der Waals surface area contributed by atoms with Crippen LogP contribution in [0, 0.1) is 0 Å². The van der Waals surface area contributed by atoms with Crippen molar-refractivity contribution in [3.8, 4) is 0 Å². The third-order valence-corrected chi connectivity index (χ3v) is 6.00. The summed E-state index contributed by atoms with van der Waals surface area (Å²) in [6.07, 6.45) is 0.148. The predicted molar refractivity (Wildman–Crippen MR) is 150 cm³/mol. The maximum absolute atomic E-state index is 13.3. The smallest absolute Gasteiger partial charge is 0.242 e. The van der Waals surface area contributed by atoms with E-state index in [0.29, 0.717) is 16.9 Å². The number of thiol groups is 1. The summed E-state index contributed by atoms with van der Waals surface area (Å²) in [7, 11) is 0. The van der Waals surface area contributed by atoms with E-state index < -0.39 is 11.9 Å². The Balaban J connectivity index is 0.00000361. The van der Waals surface area contributed by atoms with Crippen LogP contribution in [-0.4, -0.2) is 29.4 Å². The SMILES string of the molecule is Cl.N[C@@H](CS)C(=O)Nc1ccc(NC(=O)Cc2cccc3ccccc23)c(C(=O)c2ccccc2)c1. The highest BCUT2D eigenvalue weighted by molar-refractivity contribution is 7.80. The Morgan fingerprint density at radius 2 is 1.53 bits per heavy atom. The van der Waals surface area contributed by atoms with E-state index in [1.54, 1.807) is 42.5 Å². The maximum Gasteiger partial charge on any atom is 0.242 e. The zero-order valence-electron chi connectivity index (χ0n) is 19.3. The normalized spacial score (nSPS) is 11.3. The summed E-state index contributed by atoms with van der Waals surface area (Å²) in [4.78, 5) is 38.5. The van der Waals surface area contributed by atoms with E-state index in [1.807, 2.05) is 48.5 Å². The molecule has 0 bridgehead atoms. The number of rotatable bonds is 8.